The molecule has 0 aliphatic carbocycles. The van der Waals surface area contributed by atoms with E-state index in [4.69, 9.17) is 21.1 Å². The zero-order valence-electron chi connectivity index (χ0n) is 11.2. The van der Waals surface area contributed by atoms with Crippen molar-refractivity contribution < 1.29 is 14.3 Å². The molecule has 0 atom stereocenters. The van der Waals surface area contributed by atoms with E-state index in [-0.39, 0.29) is 0 Å². The normalized spacial score (nSPS) is 11.6. The van der Waals surface area contributed by atoms with Crippen LogP contribution in [0.25, 0.3) is 10.9 Å². The summed E-state index contributed by atoms with van der Waals surface area (Å²) in [6.45, 7) is 5.38. The van der Waals surface area contributed by atoms with E-state index < -0.39 is 11.7 Å². The second-order valence-electron chi connectivity index (χ2n) is 5.04. The zero-order chi connectivity index (χ0) is 14.2. The maximum Gasteiger partial charge on any atom is 0.435 e. The Labute approximate surface area is 116 Å². The second kappa shape index (κ2) is 4.74. The molecule has 0 bridgehead atoms. The van der Waals surface area contributed by atoms with Gasteiger partial charge < -0.3 is 9.47 Å². The van der Waals surface area contributed by atoms with Gasteiger partial charge in [0.25, 0.3) is 0 Å². The van der Waals surface area contributed by atoms with Crippen LogP contribution in [-0.2, 0) is 4.74 Å². The fourth-order valence-electron chi connectivity index (χ4n) is 1.68. The SMILES string of the molecule is COc1nn(C(=O)OC(C)(C)C)c2cccc(Cl)c12. The van der Waals surface area contributed by atoms with Crippen LogP contribution < -0.4 is 4.74 Å². The number of carbonyl (C=O) groups excluding carboxylic acids is 1. The molecule has 1 aromatic heterocycles. The molecular weight excluding hydrogens is 268 g/mol. The fraction of sp³-hybridized carbons (Fsp3) is 0.385. The quantitative estimate of drug-likeness (QED) is 0.803. The molecule has 1 aromatic carbocycles. The van der Waals surface area contributed by atoms with Crippen molar-refractivity contribution in [3.05, 3.63) is 23.2 Å². The van der Waals surface area contributed by atoms with Crippen LogP contribution in [0.1, 0.15) is 20.8 Å². The topological polar surface area (TPSA) is 53.4 Å². The van der Waals surface area contributed by atoms with Crippen molar-refractivity contribution in [2.24, 2.45) is 0 Å². The summed E-state index contributed by atoms with van der Waals surface area (Å²) in [5.41, 5.74) is -0.0418. The molecule has 0 aliphatic heterocycles. The summed E-state index contributed by atoms with van der Waals surface area (Å²) < 4.78 is 11.6. The van der Waals surface area contributed by atoms with Crippen LogP contribution in [0.2, 0.25) is 5.02 Å². The largest absolute Gasteiger partial charge is 0.479 e. The number of ether oxygens (including phenoxy) is 2. The van der Waals surface area contributed by atoms with Crippen molar-refractivity contribution in [3.8, 4) is 5.88 Å². The standard InChI is InChI=1S/C13H15ClN2O3/c1-13(2,3)19-12(17)16-9-7-5-6-8(14)10(9)11(15-16)18-4/h5-7H,1-4H3. The molecule has 0 unspecified atom stereocenters. The van der Waals surface area contributed by atoms with Gasteiger partial charge in [0.1, 0.15) is 5.60 Å². The van der Waals surface area contributed by atoms with E-state index in [0.29, 0.717) is 21.8 Å². The minimum atomic E-state index is -0.596. The van der Waals surface area contributed by atoms with Gasteiger partial charge in [0.2, 0.25) is 5.88 Å². The number of hydrogen-bond donors (Lipinski definition) is 0. The van der Waals surface area contributed by atoms with Crippen molar-refractivity contribution in [3.63, 3.8) is 0 Å². The van der Waals surface area contributed by atoms with Gasteiger partial charge in [-0.2, -0.15) is 4.68 Å². The molecule has 0 fully saturated rings. The highest BCUT2D eigenvalue weighted by Gasteiger charge is 2.23. The first-order valence-electron chi connectivity index (χ1n) is 5.78. The van der Waals surface area contributed by atoms with Crippen molar-refractivity contribution in [1.29, 1.82) is 0 Å². The summed E-state index contributed by atoms with van der Waals surface area (Å²) >= 11 is 6.11. The third kappa shape index (κ3) is 2.66. The molecule has 0 saturated carbocycles. The van der Waals surface area contributed by atoms with E-state index in [9.17, 15) is 4.79 Å². The van der Waals surface area contributed by atoms with Crippen LogP contribution in [0.5, 0.6) is 5.88 Å². The third-order valence-corrected chi connectivity index (χ3v) is 2.70. The van der Waals surface area contributed by atoms with Gasteiger partial charge in [-0.15, -0.1) is 5.10 Å². The van der Waals surface area contributed by atoms with Gasteiger partial charge in [-0.3, -0.25) is 0 Å². The van der Waals surface area contributed by atoms with E-state index in [1.165, 1.54) is 7.11 Å². The van der Waals surface area contributed by atoms with Crippen molar-refractivity contribution in [2.45, 2.75) is 26.4 Å². The van der Waals surface area contributed by atoms with Crippen LogP contribution in [-0.4, -0.2) is 28.6 Å². The minimum Gasteiger partial charge on any atom is -0.479 e. The van der Waals surface area contributed by atoms with Gasteiger partial charge in [0.05, 0.1) is 23.0 Å². The first-order valence-corrected chi connectivity index (χ1v) is 6.16. The van der Waals surface area contributed by atoms with Crippen LogP contribution in [0.4, 0.5) is 4.79 Å². The molecule has 2 rings (SSSR count). The number of hydrogen-bond acceptors (Lipinski definition) is 4. The number of rotatable bonds is 1. The van der Waals surface area contributed by atoms with Crippen molar-refractivity contribution >= 4 is 28.6 Å². The molecule has 0 saturated heterocycles. The van der Waals surface area contributed by atoms with Crippen molar-refractivity contribution in [1.82, 2.24) is 9.78 Å². The number of aromatic nitrogens is 2. The number of carbonyl (C=O) groups is 1. The fourth-order valence-corrected chi connectivity index (χ4v) is 1.93. The number of nitrogens with zero attached hydrogens (tertiary/aromatic N) is 2. The van der Waals surface area contributed by atoms with Crippen LogP contribution in [0, 0.1) is 0 Å². The van der Waals surface area contributed by atoms with Gasteiger partial charge in [-0.05, 0) is 32.9 Å². The van der Waals surface area contributed by atoms with E-state index in [1.807, 2.05) is 0 Å². The summed E-state index contributed by atoms with van der Waals surface area (Å²) in [5.74, 6) is 0.298. The molecule has 5 nitrogen and oxygen atoms in total. The molecule has 19 heavy (non-hydrogen) atoms. The van der Waals surface area contributed by atoms with E-state index >= 15 is 0 Å². The number of methoxy groups -OCH3 is 1. The third-order valence-electron chi connectivity index (χ3n) is 2.38. The lowest BCUT2D eigenvalue weighted by Crippen LogP contribution is -2.27. The maximum atomic E-state index is 12.1. The Morgan fingerprint density at radius 3 is 2.63 bits per heavy atom. The van der Waals surface area contributed by atoms with Gasteiger partial charge in [-0.25, -0.2) is 4.79 Å². The maximum absolute atomic E-state index is 12.1. The molecule has 0 amide bonds. The monoisotopic (exact) mass is 282 g/mol. The predicted octanol–water partition coefficient (Wildman–Crippen LogP) is 3.48. The van der Waals surface area contributed by atoms with Gasteiger partial charge in [0.15, 0.2) is 0 Å². The average molecular weight is 283 g/mol. The molecule has 0 spiro atoms. The van der Waals surface area contributed by atoms with Crippen LogP contribution in [0.3, 0.4) is 0 Å². The van der Waals surface area contributed by atoms with Crippen LogP contribution in [0.15, 0.2) is 18.2 Å². The minimum absolute atomic E-state index is 0.298. The lowest BCUT2D eigenvalue weighted by atomic mass is 10.2. The molecule has 0 N–H and O–H groups in total. The smallest absolute Gasteiger partial charge is 0.435 e. The highest BCUT2D eigenvalue weighted by atomic mass is 35.5. The summed E-state index contributed by atoms with van der Waals surface area (Å²) in [6, 6.07) is 5.20. The highest BCUT2D eigenvalue weighted by Crippen LogP contribution is 2.31. The Hall–Kier alpha value is -1.75. The van der Waals surface area contributed by atoms with Crippen molar-refractivity contribution in [2.75, 3.05) is 7.11 Å². The molecule has 6 heteroatoms. The molecule has 1 heterocycles. The van der Waals surface area contributed by atoms with Gasteiger partial charge >= 0.3 is 6.09 Å². The number of fused-ring (bicyclic) bond motifs is 1. The zero-order valence-corrected chi connectivity index (χ0v) is 12.0. The van der Waals surface area contributed by atoms with Crippen LogP contribution >= 0.6 is 11.6 Å². The van der Waals surface area contributed by atoms with E-state index in [0.717, 1.165) is 4.68 Å². The average Bonchev–Trinajstić information content (AvgIpc) is 2.67. The number of halogens is 1. The Morgan fingerprint density at radius 1 is 1.37 bits per heavy atom. The van der Waals surface area contributed by atoms with Gasteiger partial charge in [-0.1, -0.05) is 17.7 Å². The summed E-state index contributed by atoms with van der Waals surface area (Å²) in [4.78, 5) is 12.1. The van der Waals surface area contributed by atoms with E-state index in [2.05, 4.69) is 5.10 Å². The second-order valence-corrected chi connectivity index (χ2v) is 5.44. The Morgan fingerprint density at radius 2 is 2.05 bits per heavy atom. The lowest BCUT2D eigenvalue weighted by Gasteiger charge is -2.19. The Kier molecular flexibility index (Phi) is 3.41. The summed E-state index contributed by atoms with van der Waals surface area (Å²) in [7, 11) is 1.48. The first-order chi connectivity index (χ1) is 8.83. The van der Waals surface area contributed by atoms with Gasteiger partial charge in [0, 0.05) is 0 Å². The molecule has 102 valence electrons. The number of benzene rings is 1. The molecular formula is C13H15ClN2O3. The first kappa shape index (κ1) is 13.7. The summed E-state index contributed by atoms with van der Waals surface area (Å²) in [6.07, 6.45) is -0.567. The molecule has 0 aliphatic rings. The molecule has 2 aromatic rings. The van der Waals surface area contributed by atoms with E-state index in [1.54, 1.807) is 39.0 Å². The Bertz CT molecular complexity index is 629. The Balaban J connectivity index is 2.56. The summed E-state index contributed by atoms with van der Waals surface area (Å²) in [5, 5.41) is 5.16. The molecule has 0 radical (unpaired) electrons. The predicted molar refractivity (Wildman–Crippen MR) is 72.9 cm³/mol. The highest BCUT2D eigenvalue weighted by molar-refractivity contribution is 6.36. The lowest BCUT2D eigenvalue weighted by molar-refractivity contribution is 0.0520.